The normalized spacial score (nSPS) is 10.2. The van der Waals surface area contributed by atoms with Gasteiger partial charge < -0.3 is 4.74 Å². The highest BCUT2D eigenvalue weighted by atomic mass is 35.5. The van der Waals surface area contributed by atoms with Gasteiger partial charge in [-0.05, 0) is 48.5 Å². The molecule has 0 amide bonds. The third-order valence-electron chi connectivity index (χ3n) is 2.99. The molecule has 1 aromatic heterocycles. The summed E-state index contributed by atoms with van der Waals surface area (Å²) < 4.78 is 5.68. The molecule has 1 heterocycles. The maximum absolute atomic E-state index is 12.2. The largest absolute Gasteiger partial charge is 0.457 e. The molecule has 0 atom stereocenters. The number of rotatable bonds is 4. The Morgan fingerprint density at radius 3 is 1.95 bits per heavy atom. The number of nitrogens with zero attached hydrogens (tertiary/aromatic N) is 2. The molecule has 0 N–H and O–H groups in total. The van der Waals surface area contributed by atoms with Crippen molar-refractivity contribution in [1.29, 1.82) is 0 Å². The Labute approximate surface area is 132 Å². The maximum Gasteiger partial charge on any atom is 0.196 e. The lowest BCUT2D eigenvalue weighted by Gasteiger charge is -2.06. The van der Waals surface area contributed by atoms with Gasteiger partial charge in [0.05, 0.1) is 5.56 Å². The Kier molecular flexibility index (Phi) is 4.12. The SMILES string of the molecule is O=C(c1ccc(Oc2ccc(Cl)cc2)cc1)c1cncnc1. The van der Waals surface area contributed by atoms with Crippen molar-refractivity contribution in [2.75, 3.05) is 0 Å². The number of benzene rings is 2. The van der Waals surface area contributed by atoms with Crippen LogP contribution < -0.4 is 4.74 Å². The summed E-state index contributed by atoms with van der Waals surface area (Å²) in [6, 6.07) is 14.0. The van der Waals surface area contributed by atoms with Crippen LogP contribution in [0, 0.1) is 0 Å². The number of halogens is 1. The summed E-state index contributed by atoms with van der Waals surface area (Å²) in [6.07, 6.45) is 4.38. The lowest BCUT2D eigenvalue weighted by atomic mass is 10.1. The van der Waals surface area contributed by atoms with E-state index < -0.39 is 0 Å². The summed E-state index contributed by atoms with van der Waals surface area (Å²) in [5.41, 5.74) is 1.01. The van der Waals surface area contributed by atoms with Gasteiger partial charge in [0, 0.05) is 23.0 Å². The van der Waals surface area contributed by atoms with Crippen LogP contribution in [0.1, 0.15) is 15.9 Å². The second-order valence-corrected chi connectivity index (χ2v) is 4.97. The summed E-state index contributed by atoms with van der Waals surface area (Å²) in [5.74, 6) is 1.20. The summed E-state index contributed by atoms with van der Waals surface area (Å²) in [6.45, 7) is 0. The Bertz CT molecular complexity index is 772. The lowest BCUT2D eigenvalue weighted by molar-refractivity contribution is 0.103. The Hall–Kier alpha value is -2.72. The first kappa shape index (κ1) is 14.2. The van der Waals surface area contributed by atoms with Gasteiger partial charge in [0.15, 0.2) is 5.78 Å². The molecule has 5 heteroatoms. The summed E-state index contributed by atoms with van der Waals surface area (Å²) in [7, 11) is 0. The zero-order chi connectivity index (χ0) is 15.4. The van der Waals surface area contributed by atoms with Gasteiger partial charge in [-0.15, -0.1) is 0 Å². The zero-order valence-corrected chi connectivity index (χ0v) is 12.2. The third-order valence-corrected chi connectivity index (χ3v) is 3.24. The van der Waals surface area contributed by atoms with E-state index in [1.807, 2.05) is 0 Å². The van der Waals surface area contributed by atoms with Crippen molar-refractivity contribution in [1.82, 2.24) is 9.97 Å². The molecule has 0 saturated carbocycles. The van der Waals surface area contributed by atoms with Gasteiger partial charge in [-0.2, -0.15) is 0 Å². The molecular weight excluding hydrogens is 300 g/mol. The molecule has 0 aliphatic heterocycles. The molecule has 0 fully saturated rings. The molecule has 22 heavy (non-hydrogen) atoms. The highest BCUT2D eigenvalue weighted by molar-refractivity contribution is 6.30. The van der Waals surface area contributed by atoms with E-state index in [2.05, 4.69) is 9.97 Å². The molecule has 0 saturated heterocycles. The fraction of sp³-hybridized carbons (Fsp3) is 0. The minimum absolute atomic E-state index is 0.126. The monoisotopic (exact) mass is 310 g/mol. The quantitative estimate of drug-likeness (QED) is 0.679. The highest BCUT2D eigenvalue weighted by Crippen LogP contribution is 2.23. The molecule has 0 aliphatic carbocycles. The van der Waals surface area contributed by atoms with Crippen LogP contribution in [-0.4, -0.2) is 15.8 Å². The van der Waals surface area contributed by atoms with Gasteiger partial charge in [0.1, 0.15) is 17.8 Å². The van der Waals surface area contributed by atoms with Crippen molar-refractivity contribution in [3.05, 3.63) is 83.4 Å². The number of hydrogen-bond acceptors (Lipinski definition) is 4. The van der Waals surface area contributed by atoms with Crippen LogP contribution in [-0.2, 0) is 0 Å². The number of carbonyl (C=O) groups excluding carboxylic acids is 1. The summed E-state index contributed by atoms with van der Waals surface area (Å²) >= 11 is 5.83. The van der Waals surface area contributed by atoms with Gasteiger partial charge in [-0.3, -0.25) is 4.79 Å². The number of hydrogen-bond donors (Lipinski definition) is 0. The molecular formula is C17H11ClN2O2. The van der Waals surface area contributed by atoms with Crippen LogP contribution in [0.5, 0.6) is 11.5 Å². The molecule has 108 valence electrons. The Balaban J connectivity index is 1.75. The van der Waals surface area contributed by atoms with E-state index in [1.165, 1.54) is 18.7 Å². The molecule has 3 aromatic rings. The Morgan fingerprint density at radius 2 is 1.36 bits per heavy atom. The molecule has 0 radical (unpaired) electrons. The molecule has 0 aliphatic rings. The average molecular weight is 311 g/mol. The minimum atomic E-state index is -0.126. The molecule has 0 bridgehead atoms. The van der Waals surface area contributed by atoms with E-state index in [9.17, 15) is 4.79 Å². The number of carbonyl (C=O) groups is 1. The van der Waals surface area contributed by atoms with Crippen LogP contribution in [0.2, 0.25) is 5.02 Å². The lowest BCUT2D eigenvalue weighted by Crippen LogP contribution is -2.02. The molecule has 2 aromatic carbocycles. The van der Waals surface area contributed by atoms with E-state index in [0.29, 0.717) is 27.6 Å². The first-order valence-corrected chi connectivity index (χ1v) is 6.93. The van der Waals surface area contributed by atoms with Crippen LogP contribution in [0.3, 0.4) is 0 Å². The summed E-state index contributed by atoms with van der Waals surface area (Å²) in [4.78, 5) is 19.9. The Morgan fingerprint density at radius 1 is 0.818 bits per heavy atom. The second kappa shape index (κ2) is 6.37. The maximum atomic E-state index is 12.2. The molecule has 4 nitrogen and oxygen atoms in total. The van der Waals surface area contributed by atoms with E-state index >= 15 is 0 Å². The van der Waals surface area contributed by atoms with Crippen LogP contribution in [0.25, 0.3) is 0 Å². The smallest absolute Gasteiger partial charge is 0.196 e. The van der Waals surface area contributed by atoms with Gasteiger partial charge in [-0.1, -0.05) is 11.6 Å². The number of aromatic nitrogens is 2. The van der Waals surface area contributed by atoms with Gasteiger partial charge in [0.25, 0.3) is 0 Å². The van der Waals surface area contributed by atoms with Crippen LogP contribution in [0.4, 0.5) is 0 Å². The zero-order valence-electron chi connectivity index (χ0n) is 11.4. The van der Waals surface area contributed by atoms with Gasteiger partial charge >= 0.3 is 0 Å². The van der Waals surface area contributed by atoms with Gasteiger partial charge in [0.2, 0.25) is 0 Å². The topological polar surface area (TPSA) is 52.1 Å². The van der Waals surface area contributed by atoms with Crippen molar-refractivity contribution in [2.24, 2.45) is 0 Å². The van der Waals surface area contributed by atoms with E-state index in [4.69, 9.17) is 16.3 Å². The van der Waals surface area contributed by atoms with Crippen LogP contribution in [0.15, 0.2) is 67.3 Å². The van der Waals surface area contributed by atoms with E-state index in [1.54, 1.807) is 48.5 Å². The minimum Gasteiger partial charge on any atom is -0.457 e. The fourth-order valence-electron chi connectivity index (χ4n) is 1.90. The van der Waals surface area contributed by atoms with E-state index in [-0.39, 0.29) is 5.78 Å². The van der Waals surface area contributed by atoms with E-state index in [0.717, 1.165) is 0 Å². The summed E-state index contributed by atoms with van der Waals surface area (Å²) in [5, 5.41) is 0.651. The van der Waals surface area contributed by atoms with Crippen LogP contribution >= 0.6 is 11.6 Å². The third kappa shape index (κ3) is 3.30. The number of ketones is 1. The first-order chi connectivity index (χ1) is 10.7. The van der Waals surface area contributed by atoms with Crippen molar-refractivity contribution >= 4 is 17.4 Å². The van der Waals surface area contributed by atoms with Crippen molar-refractivity contribution in [3.8, 4) is 11.5 Å². The van der Waals surface area contributed by atoms with Crippen molar-refractivity contribution in [2.45, 2.75) is 0 Å². The van der Waals surface area contributed by atoms with Crippen molar-refractivity contribution in [3.63, 3.8) is 0 Å². The van der Waals surface area contributed by atoms with Crippen molar-refractivity contribution < 1.29 is 9.53 Å². The molecule has 0 unspecified atom stereocenters. The predicted octanol–water partition coefficient (Wildman–Crippen LogP) is 4.15. The highest BCUT2D eigenvalue weighted by Gasteiger charge is 2.09. The average Bonchev–Trinajstić information content (AvgIpc) is 2.58. The predicted molar refractivity (Wildman–Crippen MR) is 83.4 cm³/mol. The second-order valence-electron chi connectivity index (χ2n) is 4.54. The standard InChI is InChI=1S/C17H11ClN2O2/c18-14-3-7-16(8-4-14)22-15-5-1-12(2-6-15)17(21)13-9-19-11-20-10-13/h1-11H. The molecule has 3 rings (SSSR count). The number of ether oxygens (including phenoxy) is 1. The first-order valence-electron chi connectivity index (χ1n) is 6.55. The fourth-order valence-corrected chi connectivity index (χ4v) is 2.02. The van der Waals surface area contributed by atoms with Gasteiger partial charge in [-0.25, -0.2) is 9.97 Å². The molecule has 0 spiro atoms.